The van der Waals surface area contributed by atoms with Crippen LogP contribution in [-0.4, -0.2) is 34.8 Å². The summed E-state index contributed by atoms with van der Waals surface area (Å²) in [6.45, 7) is 1.37. The Bertz CT molecular complexity index is 908. The standard InChI is InChI=1S/C17H19N3O5S/c1-12(21)19-14-7-9-15(10-8-14)26(22,23)20-18-11-13-5-4-6-16(24-2)17(13)25-3/h4-11,20H,1-3H3,(H,19,21)/b18-11-. The SMILES string of the molecule is COc1cccc(/C=N\NS(=O)(=O)c2ccc(NC(C)=O)cc2)c1OC. The van der Waals surface area contributed by atoms with E-state index in [9.17, 15) is 13.2 Å². The minimum absolute atomic E-state index is 0.0151. The molecule has 0 aliphatic carbocycles. The van der Waals surface area contributed by atoms with Crippen molar-refractivity contribution in [2.75, 3.05) is 19.5 Å². The molecule has 138 valence electrons. The Balaban J connectivity index is 2.15. The van der Waals surface area contributed by atoms with Crippen LogP contribution in [0.25, 0.3) is 0 Å². The largest absolute Gasteiger partial charge is 0.493 e. The maximum atomic E-state index is 12.3. The molecule has 26 heavy (non-hydrogen) atoms. The molecule has 0 radical (unpaired) electrons. The van der Waals surface area contributed by atoms with Gasteiger partial charge in [-0.25, -0.2) is 4.83 Å². The van der Waals surface area contributed by atoms with Crippen molar-refractivity contribution < 1.29 is 22.7 Å². The highest BCUT2D eigenvalue weighted by Gasteiger charge is 2.13. The molecule has 0 saturated carbocycles. The van der Waals surface area contributed by atoms with Gasteiger partial charge in [0, 0.05) is 18.2 Å². The third-order valence-corrected chi connectivity index (χ3v) is 4.53. The van der Waals surface area contributed by atoms with Crippen molar-refractivity contribution in [2.24, 2.45) is 5.10 Å². The van der Waals surface area contributed by atoms with E-state index in [0.29, 0.717) is 22.7 Å². The molecule has 0 atom stereocenters. The van der Waals surface area contributed by atoms with Crippen molar-refractivity contribution in [3.8, 4) is 11.5 Å². The number of carbonyl (C=O) groups is 1. The normalized spacial score (nSPS) is 11.2. The maximum absolute atomic E-state index is 12.3. The van der Waals surface area contributed by atoms with Gasteiger partial charge in [0.25, 0.3) is 10.0 Å². The summed E-state index contributed by atoms with van der Waals surface area (Å²) >= 11 is 0. The number of hydrazone groups is 1. The van der Waals surface area contributed by atoms with Crippen molar-refractivity contribution in [2.45, 2.75) is 11.8 Å². The molecule has 2 aromatic rings. The van der Waals surface area contributed by atoms with Gasteiger partial charge in [0.15, 0.2) is 11.5 Å². The second-order valence-electron chi connectivity index (χ2n) is 5.14. The number of nitrogens with zero attached hydrogens (tertiary/aromatic N) is 1. The summed E-state index contributed by atoms with van der Waals surface area (Å²) in [5.74, 6) is 0.709. The van der Waals surface area contributed by atoms with Gasteiger partial charge in [-0.2, -0.15) is 13.5 Å². The molecule has 0 bridgehead atoms. The third-order valence-electron chi connectivity index (χ3n) is 3.29. The van der Waals surface area contributed by atoms with E-state index >= 15 is 0 Å². The Morgan fingerprint density at radius 1 is 1.08 bits per heavy atom. The van der Waals surface area contributed by atoms with Gasteiger partial charge in [-0.1, -0.05) is 6.07 Å². The summed E-state index contributed by atoms with van der Waals surface area (Å²) in [6.07, 6.45) is 1.32. The van der Waals surface area contributed by atoms with Gasteiger partial charge in [-0.3, -0.25) is 4.79 Å². The zero-order chi connectivity index (χ0) is 19.2. The topological polar surface area (TPSA) is 106 Å². The Morgan fingerprint density at radius 2 is 1.77 bits per heavy atom. The average Bonchev–Trinajstić information content (AvgIpc) is 2.61. The molecule has 1 amide bonds. The van der Waals surface area contributed by atoms with Gasteiger partial charge in [-0.05, 0) is 36.4 Å². The third kappa shape index (κ3) is 4.73. The first kappa shape index (κ1) is 19.3. The summed E-state index contributed by atoms with van der Waals surface area (Å²) < 4.78 is 35.0. The number of carbonyl (C=O) groups excluding carboxylic acids is 1. The molecule has 0 aliphatic rings. The van der Waals surface area contributed by atoms with Crippen LogP contribution in [0.5, 0.6) is 11.5 Å². The lowest BCUT2D eigenvalue weighted by Crippen LogP contribution is -2.18. The molecule has 0 unspecified atom stereocenters. The second-order valence-corrected chi connectivity index (χ2v) is 6.80. The summed E-state index contributed by atoms with van der Waals surface area (Å²) in [5, 5.41) is 6.34. The number of amides is 1. The van der Waals surface area contributed by atoms with Crippen LogP contribution < -0.4 is 19.6 Å². The van der Waals surface area contributed by atoms with Gasteiger partial charge in [0.1, 0.15) is 0 Å². The van der Waals surface area contributed by atoms with E-state index in [0.717, 1.165) is 0 Å². The first-order valence-electron chi connectivity index (χ1n) is 7.51. The maximum Gasteiger partial charge on any atom is 0.276 e. The number of anilines is 1. The minimum atomic E-state index is -3.84. The number of methoxy groups -OCH3 is 2. The molecule has 9 heteroatoms. The zero-order valence-corrected chi connectivity index (χ0v) is 15.3. The minimum Gasteiger partial charge on any atom is -0.493 e. The quantitative estimate of drug-likeness (QED) is 0.567. The molecule has 0 aromatic heterocycles. The first-order chi connectivity index (χ1) is 12.4. The Morgan fingerprint density at radius 3 is 2.35 bits per heavy atom. The van der Waals surface area contributed by atoms with Crippen LogP contribution in [0.4, 0.5) is 5.69 Å². The van der Waals surface area contributed by atoms with Crippen molar-refractivity contribution in [1.82, 2.24) is 4.83 Å². The van der Waals surface area contributed by atoms with Crippen LogP contribution in [0.3, 0.4) is 0 Å². The van der Waals surface area contributed by atoms with Gasteiger partial charge in [-0.15, -0.1) is 0 Å². The predicted molar refractivity (Wildman–Crippen MR) is 98.2 cm³/mol. The number of hydrogen-bond acceptors (Lipinski definition) is 6. The Kier molecular flexibility index (Phi) is 6.18. The lowest BCUT2D eigenvalue weighted by Gasteiger charge is -2.09. The monoisotopic (exact) mass is 377 g/mol. The molecule has 0 saturated heterocycles. The predicted octanol–water partition coefficient (Wildman–Crippen LogP) is 1.97. The Hall–Kier alpha value is -3.07. The van der Waals surface area contributed by atoms with Crippen molar-refractivity contribution in [1.29, 1.82) is 0 Å². The number of ether oxygens (including phenoxy) is 2. The highest BCUT2D eigenvalue weighted by molar-refractivity contribution is 7.89. The second kappa shape index (κ2) is 8.34. The van der Waals surface area contributed by atoms with Crippen LogP contribution in [0.2, 0.25) is 0 Å². The number of rotatable bonds is 7. The number of para-hydroxylation sites is 1. The van der Waals surface area contributed by atoms with Crippen LogP contribution >= 0.6 is 0 Å². The van der Waals surface area contributed by atoms with Crippen LogP contribution in [0, 0.1) is 0 Å². The summed E-state index contributed by atoms with van der Waals surface area (Å²) in [6, 6.07) is 10.9. The van der Waals surface area contributed by atoms with E-state index in [1.807, 2.05) is 0 Å². The van der Waals surface area contributed by atoms with Crippen LogP contribution in [-0.2, 0) is 14.8 Å². The van der Waals surface area contributed by atoms with Crippen molar-refractivity contribution in [3.63, 3.8) is 0 Å². The van der Waals surface area contributed by atoms with E-state index in [1.54, 1.807) is 18.2 Å². The summed E-state index contributed by atoms with van der Waals surface area (Å²) in [4.78, 5) is 13.1. The lowest BCUT2D eigenvalue weighted by molar-refractivity contribution is -0.114. The number of nitrogens with one attached hydrogen (secondary N) is 2. The molecule has 2 aromatic carbocycles. The summed E-state index contributed by atoms with van der Waals surface area (Å²) in [5.41, 5.74) is 1.05. The van der Waals surface area contributed by atoms with Crippen molar-refractivity contribution in [3.05, 3.63) is 48.0 Å². The molecule has 0 spiro atoms. The van der Waals surface area contributed by atoms with E-state index in [1.165, 1.54) is 51.6 Å². The van der Waals surface area contributed by atoms with Crippen LogP contribution in [0.15, 0.2) is 52.5 Å². The average molecular weight is 377 g/mol. The first-order valence-corrected chi connectivity index (χ1v) is 8.99. The Labute approximate surface area is 151 Å². The highest BCUT2D eigenvalue weighted by Crippen LogP contribution is 2.29. The lowest BCUT2D eigenvalue weighted by atomic mass is 10.2. The smallest absolute Gasteiger partial charge is 0.276 e. The van der Waals surface area contributed by atoms with Crippen molar-refractivity contribution >= 4 is 27.8 Å². The van der Waals surface area contributed by atoms with Crippen LogP contribution in [0.1, 0.15) is 12.5 Å². The molecule has 2 rings (SSSR count). The molecule has 0 heterocycles. The summed E-state index contributed by atoms with van der Waals surface area (Å²) in [7, 11) is -0.855. The molecule has 2 N–H and O–H groups in total. The van der Waals surface area contributed by atoms with E-state index in [2.05, 4.69) is 15.2 Å². The van der Waals surface area contributed by atoms with Gasteiger partial charge >= 0.3 is 0 Å². The molecular weight excluding hydrogens is 358 g/mol. The van der Waals surface area contributed by atoms with Gasteiger partial charge < -0.3 is 14.8 Å². The van der Waals surface area contributed by atoms with E-state index in [-0.39, 0.29) is 10.8 Å². The number of benzene rings is 2. The fraction of sp³-hybridized carbons (Fsp3) is 0.176. The van der Waals surface area contributed by atoms with E-state index < -0.39 is 10.0 Å². The molecule has 0 fully saturated rings. The van der Waals surface area contributed by atoms with Gasteiger partial charge in [0.05, 0.1) is 25.3 Å². The fourth-order valence-electron chi connectivity index (χ4n) is 2.15. The molecular formula is C17H19N3O5S. The van der Waals surface area contributed by atoms with Gasteiger partial charge in [0.2, 0.25) is 5.91 Å². The molecule has 8 nitrogen and oxygen atoms in total. The highest BCUT2D eigenvalue weighted by atomic mass is 32.2. The fourth-order valence-corrected chi connectivity index (χ4v) is 2.94. The van der Waals surface area contributed by atoms with E-state index in [4.69, 9.17) is 9.47 Å². The number of sulfonamides is 1. The number of hydrogen-bond donors (Lipinski definition) is 2. The molecule has 0 aliphatic heterocycles. The zero-order valence-electron chi connectivity index (χ0n) is 14.5.